The number of ether oxygens (including phenoxy) is 1. The molecule has 40 heavy (non-hydrogen) atoms. The van der Waals surface area contributed by atoms with Gasteiger partial charge in [0.2, 0.25) is 0 Å². The maximum Gasteiger partial charge on any atom is 0.340 e. The van der Waals surface area contributed by atoms with Crippen molar-refractivity contribution in [2.24, 2.45) is 0 Å². The Kier molecular flexibility index (Phi) is 8.77. The van der Waals surface area contributed by atoms with E-state index >= 15 is 0 Å². The molecule has 3 aromatic rings. The van der Waals surface area contributed by atoms with Crippen LogP contribution < -0.4 is 15.5 Å². The number of hydrogen-bond donors (Lipinski definition) is 2. The Morgan fingerprint density at radius 1 is 0.975 bits per heavy atom. The first kappa shape index (κ1) is 28.7. The van der Waals surface area contributed by atoms with E-state index in [0.29, 0.717) is 27.9 Å². The molecule has 2 N–H and O–H groups in total. The molecule has 1 aliphatic rings. The van der Waals surface area contributed by atoms with Crippen LogP contribution in [-0.2, 0) is 30.5 Å². The topological polar surface area (TPSA) is 118 Å². The van der Waals surface area contributed by atoms with Crippen LogP contribution in [0.5, 0.6) is 0 Å². The molecule has 0 fully saturated rings. The van der Waals surface area contributed by atoms with E-state index < -0.39 is 23.7 Å². The minimum atomic E-state index is -0.903. The van der Waals surface area contributed by atoms with Crippen molar-refractivity contribution in [1.29, 1.82) is 0 Å². The number of allylic oxidation sites excluding steroid dienone is 1. The predicted octanol–water partition coefficient (Wildman–Crippen LogP) is 5.42. The smallest absolute Gasteiger partial charge is 0.340 e. The molecule has 0 saturated carbocycles. The molecule has 0 saturated heterocycles. The summed E-state index contributed by atoms with van der Waals surface area (Å²) in [5, 5.41) is 5.44. The van der Waals surface area contributed by atoms with Crippen LogP contribution in [0.1, 0.15) is 30.9 Å². The number of anilines is 2. The number of halogens is 2. The van der Waals surface area contributed by atoms with E-state index in [1.165, 1.54) is 29.2 Å². The number of rotatable bonds is 7. The van der Waals surface area contributed by atoms with Gasteiger partial charge >= 0.3 is 17.8 Å². The summed E-state index contributed by atoms with van der Waals surface area (Å²) in [4.78, 5) is 52.2. The lowest BCUT2D eigenvalue weighted by molar-refractivity contribution is -0.138. The molecule has 2 heterocycles. The first-order valence-corrected chi connectivity index (χ1v) is 13.0. The van der Waals surface area contributed by atoms with Gasteiger partial charge in [-0.25, -0.2) is 4.79 Å². The zero-order valence-electron chi connectivity index (χ0n) is 21.8. The molecule has 1 aromatic heterocycles. The lowest BCUT2D eigenvalue weighted by Gasteiger charge is -2.18. The number of hydrogen-bond acceptors (Lipinski definition) is 6. The van der Waals surface area contributed by atoms with E-state index in [0.717, 1.165) is 5.56 Å². The molecular formula is C29H25Cl2N3O6. The van der Waals surface area contributed by atoms with Crippen LogP contribution in [0.3, 0.4) is 0 Å². The zero-order valence-corrected chi connectivity index (χ0v) is 23.4. The molecule has 0 radical (unpaired) electrons. The average molecular weight is 582 g/mol. The van der Waals surface area contributed by atoms with E-state index in [-0.39, 0.29) is 35.1 Å². The molecular weight excluding hydrogens is 557 g/mol. The Morgan fingerprint density at radius 2 is 1.70 bits per heavy atom. The third kappa shape index (κ3) is 6.27. The summed E-state index contributed by atoms with van der Waals surface area (Å²) in [5.41, 5.74) is 2.63. The maximum absolute atomic E-state index is 13.5. The third-order valence-corrected chi connectivity index (χ3v) is 6.69. The van der Waals surface area contributed by atoms with Crippen molar-refractivity contribution in [1.82, 2.24) is 5.32 Å². The van der Waals surface area contributed by atoms with Gasteiger partial charge in [-0.05, 0) is 69.3 Å². The summed E-state index contributed by atoms with van der Waals surface area (Å²) >= 11 is 11.8. The van der Waals surface area contributed by atoms with Gasteiger partial charge in [0.05, 0.1) is 34.3 Å². The monoisotopic (exact) mass is 581 g/mol. The lowest BCUT2D eigenvalue weighted by Crippen LogP contribution is -2.34. The summed E-state index contributed by atoms with van der Waals surface area (Å²) in [6.07, 6.45) is 1.45. The number of carbonyl (C=O) groups is 4. The Balaban J connectivity index is 1.49. The van der Waals surface area contributed by atoms with Crippen LogP contribution in [0.4, 0.5) is 11.4 Å². The van der Waals surface area contributed by atoms with Gasteiger partial charge < -0.3 is 19.8 Å². The minimum Gasteiger partial charge on any atom is -0.462 e. The van der Waals surface area contributed by atoms with E-state index in [1.807, 2.05) is 19.1 Å². The van der Waals surface area contributed by atoms with Crippen LogP contribution in [0.2, 0.25) is 10.0 Å². The van der Waals surface area contributed by atoms with Gasteiger partial charge in [-0.1, -0.05) is 40.9 Å². The fourth-order valence-corrected chi connectivity index (χ4v) is 4.30. The Morgan fingerprint density at radius 3 is 2.38 bits per heavy atom. The van der Waals surface area contributed by atoms with Crippen LogP contribution in [0.15, 0.2) is 75.9 Å². The van der Waals surface area contributed by atoms with Crippen molar-refractivity contribution in [3.63, 3.8) is 0 Å². The van der Waals surface area contributed by atoms with E-state index in [2.05, 4.69) is 10.6 Å². The van der Waals surface area contributed by atoms with Crippen molar-refractivity contribution in [2.75, 3.05) is 16.8 Å². The van der Waals surface area contributed by atoms with Crippen molar-refractivity contribution in [3.05, 3.63) is 98.6 Å². The summed E-state index contributed by atoms with van der Waals surface area (Å²) in [6.45, 7) is 5.35. The Bertz CT molecular complexity index is 1560. The zero-order chi connectivity index (χ0) is 29.0. The fourth-order valence-electron chi connectivity index (χ4n) is 4.00. The SMILES string of the molecule is CCOC(=O)C1=C(C)N(c2ccc(C)cc2)C(=O)/C1=C/c1ccc(CNC(=O)C(=O)Nc2ccc(Cl)c(Cl)c2)o1. The van der Waals surface area contributed by atoms with E-state index in [9.17, 15) is 19.2 Å². The van der Waals surface area contributed by atoms with Crippen LogP contribution in [-0.4, -0.2) is 30.3 Å². The van der Waals surface area contributed by atoms with Gasteiger partial charge in [-0.3, -0.25) is 19.3 Å². The number of furan rings is 1. The molecule has 0 bridgehead atoms. The number of nitrogens with one attached hydrogen (secondary N) is 2. The second-order valence-electron chi connectivity index (χ2n) is 8.78. The maximum atomic E-state index is 13.5. The average Bonchev–Trinajstić information content (AvgIpc) is 3.47. The highest BCUT2D eigenvalue weighted by atomic mass is 35.5. The van der Waals surface area contributed by atoms with Crippen molar-refractivity contribution >= 4 is 64.3 Å². The molecule has 206 valence electrons. The summed E-state index contributed by atoms with van der Waals surface area (Å²) in [6, 6.07) is 14.9. The number of nitrogens with zero attached hydrogens (tertiary/aromatic N) is 1. The second-order valence-corrected chi connectivity index (χ2v) is 9.60. The fraction of sp³-hybridized carbons (Fsp3) is 0.172. The van der Waals surface area contributed by atoms with Gasteiger partial charge in [0.15, 0.2) is 0 Å². The Hall–Kier alpha value is -4.34. The first-order valence-electron chi connectivity index (χ1n) is 12.2. The molecule has 0 unspecified atom stereocenters. The number of esters is 1. The normalized spacial score (nSPS) is 14.1. The highest BCUT2D eigenvalue weighted by Crippen LogP contribution is 2.35. The molecule has 0 atom stereocenters. The molecule has 3 amide bonds. The van der Waals surface area contributed by atoms with Crippen LogP contribution in [0.25, 0.3) is 6.08 Å². The number of amides is 3. The number of aryl methyl sites for hydroxylation is 1. The van der Waals surface area contributed by atoms with Gasteiger partial charge in [0.25, 0.3) is 5.91 Å². The summed E-state index contributed by atoms with van der Waals surface area (Å²) in [5.74, 6) is -2.24. The van der Waals surface area contributed by atoms with Crippen molar-refractivity contribution in [3.8, 4) is 0 Å². The second kappa shape index (κ2) is 12.2. The summed E-state index contributed by atoms with van der Waals surface area (Å²) in [7, 11) is 0. The van der Waals surface area contributed by atoms with Crippen LogP contribution >= 0.6 is 23.2 Å². The molecule has 11 heteroatoms. The molecule has 4 rings (SSSR count). The molecule has 9 nitrogen and oxygen atoms in total. The highest BCUT2D eigenvalue weighted by molar-refractivity contribution is 6.43. The minimum absolute atomic E-state index is 0.0974. The Labute approximate surface area is 240 Å². The van der Waals surface area contributed by atoms with Gasteiger partial charge in [-0.2, -0.15) is 0 Å². The standard InChI is InChI=1S/C29H25Cl2N3O6/c1-4-39-29(38)25-17(3)34(19-8-5-16(2)6-9-19)28(37)22(25)14-20-10-11-21(40-20)15-32-26(35)27(36)33-18-7-12-23(30)24(31)13-18/h5-14H,4,15H2,1-3H3,(H,32,35)(H,33,36)/b22-14+. The lowest BCUT2D eigenvalue weighted by atomic mass is 10.1. The predicted molar refractivity (Wildman–Crippen MR) is 152 cm³/mol. The highest BCUT2D eigenvalue weighted by Gasteiger charge is 2.38. The van der Waals surface area contributed by atoms with Crippen molar-refractivity contribution in [2.45, 2.75) is 27.3 Å². The van der Waals surface area contributed by atoms with Crippen molar-refractivity contribution < 1.29 is 28.3 Å². The molecule has 2 aromatic carbocycles. The van der Waals surface area contributed by atoms with Crippen LogP contribution in [0, 0.1) is 6.92 Å². The largest absolute Gasteiger partial charge is 0.462 e. The van der Waals surface area contributed by atoms with Gasteiger partial charge in [0.1, 0.15) is 11.5 Å². The van der Waals surface area contributed by atoms with Gasteiger partial charge in [0, 0.05) is 17.1 Å². The van der Waals surface area contributed by atoms with Gasteiger partial charge in [-0.15, -0.1) is 0 Å². The number of carbonyl (C=O) groups excluding carboxylic acids is 4. The first-order chi connectivity index (χ1) is 19.1. The third-order valence-electron chi connectivity index (χ3n) is 5.95. The van der Waals surface area contributed by atoms with E-state index in [1.54, 1.807) is 38.1 Å². The van der Waals surface area contributed by atoms with E-state index in [4.69, 9.17) is 32.4 Å². The molecule has 1 aliphatic heterocycles. The molecule has 0 aliphatic carbocycles. The quantitative estimate of drug-likeness (QED) is 0.218. The summed E-state index contributed by atoms with van der Waals surface area (Å²) < 4.78 is 11.0. The number of benzene rings is 2. The molecule has 0 spiro atoms.